The number of H-pyrrole nitrogens is 1. The zero-order chi connectivity index (χ0) is 32.8. The third kappa shape index (κ3) is 6.65. The number of likely N-dealkylation sites (N-methyl/N-ethyl adjacent to an activating group) is 1. The van der Waals surface area contributed by atoms with Gasteiger partial charge in [0.2, 0.25) is 11.8 Å². The van der Waals surface area contributed by atoms with Gasteiger partial charge in [-0.15, -0.1) is 0 Å². The average Bonchev–Trinajstić information content (AvgIpc) is 3.24. The number of carbonyl (C=O) groups excluding carboxylic acids is 2. The van der Waals surface area contributed by atoms with Gasteiger partial charge in [0, 0.05) is 42.1 Å². The summed E-state index contributed by atoms with van der Waals surface area (Å²) in [5.74, 6) is 1.14. The SMILES string of the molecule is CC.CCN(CCOC1=CCCCC=C1)CC(C)N1CC(=O)N2C(Cc3c([nH]c4ccccc34)C2c2ccc(O)c(OC)c2)C1=O. The summed E-state index contributed by atoms with van der Waals surface area (Å²) in [6, 6.07) is 11.9. The van der Waals surface area contributed by atoms with Crippen molar-refractivity contribution < 1.29 is 24.2 Å². The van der Waals surface area contributed by atoms with Gasteiger partial charge in [0.15, 0.2) is 11.5 Å². The first-order chi connectivity index (χ1) is 22.4. The molecule has 1 aliphatic carbocycles. The Kier molecular flexibility index (Phi) is 10.7. The summed E-state index contributed by atoms with van der Waals surface area (Å²) < 4.78 is 11.4. The van der Waals surface area contributed by atoms with E-state index in [4.69, 9.17) is 9.47 Å². The first kappa shape index (κ1) is 33.1. The number of aromatic nitrogens is 1. The number of ether oxygens (including phenoxy) is 2. The maximum atomic E-state index is 14.3. The Morgan fingerprint density at radius 1 is 1.13 bits per heavy atom. The normalized spacial score (nSPS) is 20.0. The first-order valence-corrected chi connectivity index (χ1v) is 16.7. The van der Waals surface area contributed by atoms with Crippen LogP contribution in [0, 0.1) is 0 Å². The molecule has 0 radical (unpaired) electrons. The van der Waals surface area contributed by atoms with E-state index in [9.17, 15) is 14.7 Å². The lowest BCUT2D eigenvalue weighted by molar-refractivity contribution is -0.161. The number of amides is 2. The number of benzene rings is 2. The fourth-order valence-corrected chi connectivity index (χ4v) is 6.87. The molecule has 2 aliphatic heterocycles. The molecule has 9 heteroatoms. The van der Waals surface area contributed by atoms with Gasteiger partial charge in [0.05, 0.1) is 13.2 Å². The van der Waals surface area contributed by atoms with E-state index in [0.717, 1.165) is 65.8 Å². The minimum atomic E-state index is -0.637. The zero-order valence-electron chi connectivity index (χ0n) is 27.8. The van der Waals surface area contributed by atoms with Crippen LogP contribution in [0.4, 0.5) is 0 Å². The Morgan fingerprint density at radius 3 is 2.72 bits per heavy atom. The molecule has 2 amide bonds. The van der Waals surface area contributed by atoms with E-state index in [0.29, 0.717) is 25.3 Å². The first-order valence-electron chi connectivity index (χ1n) is 16.7. The lowest BCUT2D eigenvalue weighted by Crippen LogP contribution is -2.65. The van der Waals surface area contributed by atoms with Crippen molar-refractivity contribution in [2.75, 3.05) is 39.9 Å². The number of fused-ring (bicyclic) bond motifs is 4. The molecule has 6 rings (SSSR count). The quantitative estimate of drug-likeness (QED) is 0.288. The highest BCUT2D eigenvalue weighted by atomic mass is 16.5. The molecule has 3 aliphatic rings. The predicted molar refractivity (Wildman–Crippen MR) is 181 cm³/mol. The number of carbonyl (C=O) groups is 2. The highest BCUT2D eigenvalue weighted by Gasteiger charge is 2.49. The van der Waals surface area contributed by atoms with E-state index in [1.165, 1.54) is 7.11 Å². The van der Waals surface area contributed by atoms with Gasteiger partial charge in [0.1, 0.15) is 25.0 Å². The molecular formula is C37H48N4O5. The lowest BCUT2D eigenvalue weighted by Gasteiger charge is -2.48. The lowest BCUT2D eigenvalue weighted by atomic mass is 9.86. The second kappa shape index (κ2) is 14.9. The van der Waals surface area contributed by atoms with Crippen LogP contribution in [0.15, 0.2) is 66.5 Å². The average molecular weight is 629 g/mol. The topological polar surface area (TPSA) is 98.3 Å². The number of piperazine rings is 1. The molecule has 1 saturated heterocycles. The monoisotopic (exact) mass is 628 g/mol. The Morgan fingerprint density at radius 2 is 1.93 bits per heavy atom. The summed E-state index contributed by atoms with van der Waals surface area (Å²) in [7, 11) is 1.50. The van der Waals surface area contributed by atoms with Crippen LogP contribution in [0.2, 0.25) is 0 Å². The smallest absolute Gasteiger partial charge is 0.246 e. The number of aromatic hydroxyl groups is 1. The Bertz CT molecular complexity index is 1590. The molecule has 0 spiro atoms. The van der Waals surface area contributed by atoms with Gasteiger partial charge < -0.3 is 29.4 Å². The Hall–Kier alpha value is -4.24. The minimum absolute atomic E-state index is 0.0174. The van der Waals surface area contributed by atoms with Crippen LogP contribution >= 0.6 is 0 Å². The van der Waals surface area contributed by atoms with Crippen molar-refractivity contribution in [1.82, 2.24) is 19.7 Å². The number of para-hydroxylation sites is 1. The van der Waals surface area contributed by atoms with Crippen molar-refractivity contribution in [3.63, 3.8) is 0 Å². The second-order valence-electron chi connectivity index (χ2n) is 11.9. The van der Waals surface area contributed by atoms with Crippen LogP contribution in [0.3, 0.4) is 0 Å². The molecule has 3 aromatic rings. The molecule has 2 N–H and O–H groups in total. The summed E-state index contributed by atoms with van der Waals surface area (Å²) in [5, 5.41) is 11.4. The van der Waals surface area contributed by atoms with E-state index < -0.39 is 12.1 Å². The number of hydrogen-bond donors (Lipinski definition) is 2. The van der Waals surface area contributed by atoms with E-state index >= 15 is 0 Å². The summed E-state index contributed by atoms with van der Waals surface area (Å²) in [6.07, 6.45) is 10.1. The Labute approximate surface area is 272 Å². The van der Waals surface area contributed by atoms with Crippen molar-refractivity contribution in [2.24, 2.45) is 0 Å². The van der Waals surface area contributed by atoms with Crippen molar-refractivity contribution in [1.29, 1.82) is 0 Å². The standard InChI is InChI=1S/C35H42N4O5.C2H6/c1-4-37(17-18-44-25-11-7-5-6-8-12-25)21-23(2)38-22-32(41)39-29(35(38)42)20-27-26-13-9-10-14-28(26)36-33(27)34(39)24-15-16-30(40)31(19-24)43-3;1-2/h7,9-16,19,23,29,34,36,40H,4-6,8,17-18,20-22H2,1-3H3;1-2H3. The number of rotatable bonds is 10. The van der Waals surface area contributed by atoms with Crippen LogP contribution < -0.4 is 4.74 Å². The molecule has 46 heavy (non-hydrogen) atoms. The van der Waals surface area contributed by atoms with E-state index in [2.05, 4.69) is 41.1 Å². The second-order valence-corrected chi connectivity index (χ2v) is 11.9. The van der Waals surface area contributed by atoms with Crippen LogP contribution in [-0.2, 0) is 20.7 Å². The van der Waals surface area contributed by atoms with Crippen LogP contribution in [-0.4, -0.2) is 88.6 Å². The highest BCUT2D eigenvalue weighted by Crippen LogP contribution is 2.44. The molecule has 3 unspecified atom stereocenters. The molecule has 0 saturated carbocycles. The number of phenolic OH excluding ortho intramolecular Hbond substituents is 1. The fourth-order valence-electron chi connectivity index (χ4n) is 6.87. The van der Waals surface area contributed by atoms with E-state index in [1.54, 1.807) is 28.0 Å². The van der Waals surface area contributed by atoms with Gasteiger partial charge in [-0.1, -0.05) is 51.1 Å². The predicted octanol–water partition coefficient (Wildman–Crippen LogP) is 5.94. The molecule has 246 valence electrons. The summed E-state index contributed by atoms with van der Waals surface area (Å²) >= 11 is 0. The number of allylic oxidation sites excluding steroid dienone is 3. The molecule has 1 aromatic heterocycles. The third-order valence-corrected chi connectivity index (χ3v) is 9.19. The van der Waals surface area contributed by atoms with Gasteiger partial charge in [-0.25, -0.2) is 0 Å². The molecule has 1 fully saturated rings. The van der Waals surface area contributed by atoms with Gasteiger partial charge in [-0.3, -0.25) is 14.5 Å². The number of nitrogens with one attached hydrogen (secondary N) is 1. The van der Waals surface area contributed by atoms with Crippen molar-refractivity contribution >= 4 is 22.7 Å². The van der Waals surface area contributed by atoms with Gasteiger partial charge in [-0.05, 0) is 74.2 Å². The van der Waals surface area contributed by atoms with Crippen molar-refractivity contribution in [3.05, 3.63) is 83.3 Å². The van der Waals surface area contributed by atoms with E-state index in [1.807, 2.05) is 39.0 Å². The van der Waals surface area contributed by atoms with Crippen LogP contribution in [0.25, 0.3) is 10.9 Å². The Balaban J connectivity index is 0.00000204. The summed E-state index contributed by atoms with van der Waals surface area (Å²) in [6.45, 7) is 10.9. The largest absolute Gasteiger partial charge is 0.504 e. The van der Waals surface area contributed by atoms with Crippen molar-refractivity contribution in [3.8, 4) is 11.5 Å². The maximum Gasteiger partial charge on any atom is 0.246 e. The summed E-state index contributed by atoms with van der Waals surface area (Å²) in [4.78, 5) is 37.7. The molecule has 3 heterocycles. The molecular weight excluding hydrogens is 580 g/mol. The molecule has 2 aromatic carbocycles. The fraction of sp³-hybridized carbons (Fsp3) is 0.459. The number of methoxy groups -OCH3 is 1. The zero-order valence-corrected chi connectivity index (χ0v) is 27.8. The number of phenols is 1. The van der Waals surface area contributed by atoms with Crippen LogP contribution in [0.5, 0.6) is 11.5 Å². The molecule has 3 atom stereocenters. The molecule has 9 nitrogen and oxygen atoms in total. The summed E-state index contributed by atoms with van der Waals surface area (Å²) in [5.41, 5.74) is 3.68. The number of hydrogen-bond acceptors (Lipinski definition) is 6. The number of nitrogens with zero attached hydrogens (tertiary/aromatic N) is 3. The maximum absolute atomic E-state index is 14.3. The van der Waals surface area contributed by atoms with Crippen LogP contribution in [0.1, 0.15) is 69.8 Å². The highest BCUT2D eigenvalue weighted by molar-refractivity contribution is 5.98. The third-order valence-electron chi connectivity index (χ3n) is 9.19. The van der Waals surface area contributed by atoms with Crippen molar-refractivity contribution in [2.45, 2.75) is 71.5 Å². The number of aromatic amines is 1. The minimum Gasteiger partial charge on any atom is -0.504 e. The van der Waals surface area contributed by atoms with E-state index in [-0.39, 0.29) is 30.2 Å². The van der Waals surface area contributed by atoms with Gasteiger partial charge in [-0.2, -0.15) is 0 Å². The molecule has 0 bridgehead atoms. The van der Waals surface area contributed by atoms with Gasteiger partial charge in [0.25, 0.3) is 0 Å². The van der Waals surface area contributed by atoms with Gasteiger partial charge >= 0.3 is 0 Å².